The molecule has 0 radical (unpaired) electrons. The molecule has 2 aliphatic heterocycles. The first kappa shape index (κ1) is 20.5. The molecule has 1 amide bonds. The van der Waals surface area contributed by atoms with Gasteiger partial charge in [-0.05, 0) is 39.7 Å². The molecule has 0 aromatic carbocycles. The summed E-state index contributed by atoms with van der Waals surface area (Å²) < 4.78 is 19.4. The highest BCUT2D eigenvalue weighted by Gasteiger charge is 2.38. The molecule has 3 heterocycles. The second-order valence-corrected chi connectivity index (χ2v) is 8.38. The summed E-state index contributed by atoms with van der Waals surface area (Å²) in [6.07, 6.45) is 3.61. The van der Waals surface area contributed by atoms with Crippen LogP contribution in [0.15, 0.2) is 18.5 Å². The molecule has 1 unspecified atom stereocenters. The van der Waals surface area contributed by atoms with E-state index >= 15 is 0 Å². The number of rotatable bonds is 3. The topological polar surface area (TPSA) is 74.8 Å². The minimum atomic E-state index is -0.602. The molecule has 28 heavy (non-hydrogen) atoms. The Bertz CT molecular complexity index is 714. The van der Waals surface area contributed by atoms with Crippen LogP contribution in [0.2, 0.25) is 0 Å². The maximum absolute atomic E-state index is 14.0. The van der Waals surface area contributed by atoms with E-state index < -0.39 is 17.7 Å². The Morgan fingerprint density at radius 2 is 1.96 bits per heavy atom. The minimum Gasteiger partial charge on any atom is -0.444 e. The number of hydrogen-bond acceptors (Lipinski definition) is 6. The molecule has 0 aliphatic carbocycles. The summed E-state index contributed by atoms with van der Waals surface area (Å²) in [5.74, 6) is -0.427. The molecule has 3 rings (SSSR count). The summed E-state index contributed by atoms with van der Waals surface area (Å²) in [5.41, 5.74) is -0.0780. The number of piperidine rings is 1. The van der Waals surface area contributed by atoms with Crippen LogP contribution in [0.5, 0.6) is 0 Å². The zero-order valence-electron chi connectivity index (χ0n) is 16.8. The molecule has 0 bridgehead atoms. The fourth-order valence-corrected chi connectivity index (χ4v) is 3.80. The van der Waals surface area contributed by atoms with Crippen molar-refractivity contribution in [1.82, 2.24) is 15.2 Å². The quantitative estimate of drug-likeness (QED) is 0.850. The zero-order valence-corrected chi connectivity index (χ0v) is 16.8. The number of anilines is 1. The van der Waals surface area contributed by atoms with Crippen molar-refractivity contribution >= 4 is 17.6 Å². The van der Waals surface area contributed by atoms with E-state index in [-0.39, 0.29) is 17.5 Å². The van der Waals surface area contributed by atoms with Crippen LogP contribution in [0.1, 0.15) is 33.6 Å². The van der Waals surface area contributed by atoms with Crippen molar-refractivity contribution in [1.29, 1.82) is 0 Å². The van der Waals surface area contributed by atoms with E-state index in [9.17, 15) is 14.0 Å². The predicted octanol–water partition coefficient (Wildman–Crippen LogP) is 2.22. The highest BCUT2D eigenvalue weighted by atomic mass is 19.1. The number of ether oxygens (including phenoxy) is 1. The first-order valence-electron chi connectivity index (χ1n) is 9.85. The smallest absolute Gasteiger partial charge is 0.410 e. The van der Waals surface area contributed by atoms with E-state index in [0.29, 0.717) is 51.3 Å². The number of halogens is 1. The maximum atomic E-state index is 14.0. The highest BCUT2D eigenvalue weighted by Crippen LogP contribution is 2.27. The Morgan fingerprint density at radius 3 is 2.61 bits per heavy atom. The molecule has 1 N–H and O–H groups in total. The largest absolute Gasteiger partial charge is 0.444 e. The first-order valence-corrected chi connectivity index (χ1v) is 9.85. The van der Waals surface area contributed by atoms with Gasteiger partial charge in [-0.15, -0.1) is 0 Å². The average Bonchev–Trinajstić information content (AvgIpc) is 2.67. The summed E-state index contributed by atoms with van der Waals surface area (Å²) in [6, 6.07) is 1.14. The van der Waals surface area contributed by atoms with Gasteiger partial charge in [-0.25, -0.2) is 9.18 Å². The second-order valence-electron chi connectivity index (χ2n) is 8.38. The fraction of sp³-hybridized carbons (Fsp3) is 0.650. The van der Waals surface area contributed by atoms with Crippen LogP contribution in [0, 0.1) is 11.7 Å². The van der Waals surface area contributed by atoms with Crippen molar-refractivity contribution in [2.24, 2.45) is 5.92 Å². The van der Waals surface area contributed by atoms with Gasteiger partial charge in [0.25, 0.3) is 0 Å². The van der Waals surface area contributed by atoms with E-state index in [1.165, 1.54) is 6.20 Å². The number of nitrogens with zero attached hydrogens (tertiary/aromatic N) is 3. The van der Waals surface area contributed by atoms with E-state index in [2.05, 4.69) is 10.3 Å². The van der Waals surface area contributed by atoms with Crippen molar-refractivity contribution in [3.8, 4) is 0 Å². The van der Waals surface area contributed by atoms with E-state index in [1.54, 1.807) is 17.2 Å². The Hall–Kier alpha value is -2.22. The molecule has 2 fully saturated rings. The van der Waals surface area contributed by atoms with Gasteiger partial charge in [0.2, 0.25) is 0 Å². The van der Waals surface area contributed by atoms with Gasteiger partial charge in [-0.1, -0.05) is 0 Å². The lowest BCUT2D eigenvalue weighted by Gasteiger charge is -2.39. The van der Waals surface area contributed by atoms with Gasteiger partial charge in [0, 0.05) is 44.8 Å². The standard InChI is InChI=1S/C20H29FN4O3/c1-20(2,3)28-19(27)25-11-8-23-13-17(25)18(26)14-5-9-24(10-6-14)16-4-7-22-12-15(16)21/h4,7,12,14,17,23H,5-6,8-11,13H2,1-3H3. The van der Waals surface area contributed by atoms with Crippen molar-refractivity contribution in [3.05, 3.63) is 24.3 Å². The molecule has 1 aromatic rings. The SMILES string of the molecule is CC(C)(C)OC(=O)N1CCNCC1C(=O)C1CCN(c2ccncc2F)CC1. The molecule has 2 aliphatic rings. The number of hydrogen-bond donors (Lipinski definition) is 1. The fourth-order valence-electron chi connectivity index (χ4n) is 3.80. The van der Waals surface area contributed by atoms with Gasteiger partial charge in [-0.3, -0.25) is 14.7 Å². The van der Waals surface area contributed by atoms with Gasteiger partial charge in [0.1, 0.15) is 11.6 Å². The summed E-state index contributed by atoms with van der Waals surface area (Å²) in [6.45, 7) is 8.19. The van der Waals surface area contributed by atoms with Crippen molar-refractivity contribution in [3.63, 3.8) is 0 Å². The monoisotopic (exact) mass is 392 g/mol. The Morgan fingerprint density at radius 1 is 1.25 bits per heavy atom. The maximum Gasteiger partial charge on any atom is 0.410 e. The molecule has 0 saturated carbocycles. The number of carbonyl (C=O) groups is 2. The molecule has 1 aromatic heterocycles. The number of ketones is 1. The summed E-state index contributed by atoms with van der Waals surface area (Å²) >= 11 is 0. The number of aromatic nitrogens is 1. The summed E-state index contributed by atoms with van der Waals surface area (Å²) in [7, 11) is 0. The van der Waals surface area contributed by atoms with Crippen LogP contribution in [0.3, 0.4) is 0 Å². The number of pyridine rings is 1. The second kappa shape index (κ2) is 8.43. The van der Waals surface area contributed by atoms with Crippen LogP contribution in [0.25, 0.3) is 0 Å². The van der Waals surface area contributed by atoms with Crippen LogP contribution < -0.4 is 10.2 Å². The molecule has 1 atom stereocenters. The lowest BCUT2D eigenvalue weighted by Crippen LogP contribution is -2.59. The number of carbonyl (C=O) groups excluding carboxylic acids is 2. The van der Waals surface area contributed by atoms with Crippen LogP contribution in [-0.4, -0.2) is 66.1 Å². The van der Waals surface area contributed by atoms with E-state index in [0.717, 1.165) is 0 Å². The molecule has 7 nitrogen and oxygen atoms in total. The van der Waals surface area contributed by atoms with Gasteiger partial charge in [-0.2, -0.15) is 0 Å². The third-order valence-corrected chi connectivity index (χ3v) is 5.19. The van der Waals surface area contributed by atoms with Crippen LogP contribution in [-0.2, 0) is 9.53 Å². The molecule has 0 spiro atoms. The van der Waals surface area contributed by atoms with Gasteiger partial charge in [0.05, 0.1) is 11.9 Å². The van der Waals surface area contributed by atoms with Crippen LogP contribution >= 0.6 is 0 Å². The number of amides is 1. The van der Waals surface area contributed by atoms with Gasteiger partial charge >= 0.3 is 6.09 Å². The van der Waals surface area contributed by atoms with Crippen LogP contribution in [0.4, 0.5) is 14.9 Å². The summed E-state index contributed by atoms with van der Waals surface area (Å²) in [5, 5.41) is 3.21. The number of Topliss-reactive ketones (excluding diaryl/α,β-unsaturated/α-hetero) is 1. The van der Waals surface area contributed by atoms with Gasteiger partial charge in [0.15, 0.2) is 11.6 Å². The molecular formula is C20H29FN4O3. The zero-order chi connectivity index (χ0) is 20.3. The Balaban J connectivity index is 1.63. The van der Waals surface area contributed by atoms with Crippen molar-refractivity contribution in [2.45, 2.75) is 45.3 Å². The predicted molar refractivity (Wildman–Crippen MR) is 104 cm³/mol. The van der Waals surface area contributed by atoms with Crippen molar-refractivity contribution in [2.75, 3.05) is 37.6 Å². The number of nitrogens with one attached hydrogen (secondary N) is 1. The third kappa shape index (κ3) is 4.79. The van der Waals surface area contributed by atoms with E-state index in [4.69, 9.17) is 4.74 Å². The molecule has 2 saturated heterocycles. The molecule has 8 heteroatoms. The molecular weight excluding hydrogens is 363 g/mol. The third-order valence-electron chi connectivity index (χ3n) is 5.19. The van der Waals surface area contributed by atoms with Crippen molar-refractivity contribution < 1.29 is 18.7 Å². The molecule has 154 valence electrons. The minimum absolute atomic E-state index is 0.0629. The lowest BCUT2D eigenvalue weighted by molar-refractivity contribution is -0.129. The van der Waals surface area contributed by atoms with E-state index in [1.807, 2.05) is 25.7 Å². The van der Waals surface area contributed by atoms with Gasteiger partial charge < -0.3 is 15.0 Å². The summed E-state index contributed by atoms with van der Waals surface area (Å²) in [4.78, 5) is 33.0. The Labute approximate surface area is 165 Å². The normalized spacial score (nSPS) is 21.5. The lowest BCUT2D eigenvalue weighted by atomic mass is 9.87. The highest BCUT2D eigenvalue weighted by molar-refractivity contribution is 5.90. The average molecular weight is 392 g/mol. The first-order chi connectivity index (χ1) is 13.3. The number of piperazine rings is 1. The Kier molecular flexibility index (Phi) is 6.17.